The highest BCUT2D eigenvalue weighted by Gasteiger charge is 2.07. The molecule has 1 amide bonds. The molecule has 4 rings (SSSR count). The van der Waals surface area contributed by atoms with Gasteiger partial charge in [0, 0.05) is 24.4 Å². The maximum Gasteiger partial charge on any atom is 0.328 e. The third-order valence-electron chi connectivity index (χ3n) is 4.14. The molecule has 0 aliphatic rings. The lowest BCUT2D eigenvalue weighted by Gasteiger charge is -2.07. The van der Waals surface area contributed by atoms with Crippen molar-refractivity contribution >= 4 is 33.1 Å². The summed E-state index contributed by atoms with van der Waals surface area (Å²) in [6, 6.07) is 16.7. The van der Waals surface area contributed by atoms with Gasteiger partial charge in [0.1, 0.15) is 6.54 Å². The van der Waals surface area contributed by atoms with Crippen LogP contribution in [0.2, 0.25) is 0 Å². The smallest absolute Gasteiger partial charge is 0.325 e. The maximum atomic E-state index is 12.1. The zero-order chi connectivity index (χ0) is 19.5. The highest BCUT2D eigenvalue weighted by atomic mass is 32.1. The Bertz CT molecular complexity index is 1220. The number of carbonyl (C=O) groups is 1. The maximum absolute atomic E-state index is 12.1. The molecule has 2 heterocycles. The van der Waals surface area contributed by atoms with Gasteiger partial charge in [0.2, 0.25) is 5.91 Å². The Hall–Kier alpha value is -3.52. The van der Waals surface area contributed by atoms with Gasteiger partial charge in [-0.15, -0.1) is 11.3 Å². The lowest BCUT2D eigenvalue weighted by molar-refractivity contribution is -0.116. The van der Waals surface area contributed by atoms with Gasteiger partial charge >= 0.3 is 5.69 Å². The van der Waals surface area contributed by atoms with E-state index in [0.29, 0.717) is 5.69 Å². The molecule has 0 aliphatic carbocycles. The number of amides is 1. The Labute approximate surface area is 163 Å². The van der Waals surface area contributed by atoms with Crippen LogP contribution in [0.25, 0.3) is 10.2 Å². The largest absolute Gasteiger partial charge is 0.328 e. The summed E-state index contributed by atoms with van der Waals surface area (Å²) in [7, 11) is 0. The Morgan fingerprint density at radius 1 is 1.07 bits per heavy atom. The summed E-state index contributed by atoms with van der Waals surface area (Å²) in [4.78, 5) is 41.6. The Balaban J connectivity index is 1.40. The first-order valence-electron chi connectivity index (χ1n) is 8.60. The average Bonchev–Trinajstić information content (AvgIpc) is 3.08. The van der Waals surface area contributed by atoms with Gasteiger partial charge in [-0.3, -0.25) is 19.1 Å². The molecule has 140 valence electrons. The molecule has 4 aromatic rings. The van der Waals surface area contributed by atoms with E-state index < -0.39 is 11.2 Å². The first-order chi connectivity index (χ1) is 13.6. The van der Waals surface area contributed by atoms with Crippen molar-refractivity contribution < 1.29 is 4.79 Å². The van der Waals surface area contributed by atoms with E-state index in [1.54, 1.807) is 11.3 Å². The van der Waals surface area contributed by atoms with Crippen molar-refractivity contribution in [2.45, 2.75) is 13.0 Å². The fourth-order valence-corrected chi connectivity index (χ4v) is 3.80. The van der Waals surface area contributed by atoms with Crippen LogP contribution in [-0.2, 0) is 17.8 Å². The number of rotatable bonds is 5. The second-order valence-corrected chi connectivity index (χ2v) is 7.35. The number of carbonyl (C=O) groups excluding carboxylic acids is 1. The number of fused-ring (bicyclic) bond motifs is 1. The summed E-state index contributed by atoms with van der Waals surface area (Å²) in [6.07, 6.45) is 2.02. The zero-order valence-electron chi connectivity index (χ0n) is 14.7. The molecule has 2 aromatic heterocycles. The van der Waals surface area contributed by atoms with Crippen LogP contribution in [0.3, 0.4) is 0 Å². The number of hydrogen-bond acceptors (Lipinski definition) is 5. The Morgan fingerprint density at radius 2 is 1.86 bits per heavy atom. The van der Waals surface area contributed by atoms with Gasteiger partial charge < -0.3 is 5.32 Å². The molecule has 0 unspecified atom stereocenters. The summed E-state index contributed by atoms with van der Waals surface area (Å²) in [5.41, 5.74) is 1.62. The van der Waals surface area contributed by atoms with Gasteiger partial charge in [-0.25, -0.2) is 9.78 Å². The van der Waals surface area contributed by atoms with Crippen LogP contribution in [0.5, 0.6) is 0 Å². The molecule has 7 nitrogen and oxygen atoms in total. The summed E-state index contributed by atoms with van der Waals surface area (Å²) in [5.74, 6) is -0.354. The molecule has 0 radical (unpaired) electrons. The van der Waals surface area contributed by atoms with E-state index in [1.165, 1.54) is 17.0 Å². The molecule has 8 heteroatoms. The lowest BCUT2D eigenvalue weighted by atomic mass is 10.1. The van der Waals surface area contributed by atoms with Crippen LogP contribution in [0.4, 0.5) is 5.69 Å². The summed E-state index contributed by atoms with van der Waals surface area (Å²) >= 11 is 1.67. The summed E-state index contributed by atoms with van der Waals surface area (Å²) in [5, 5.41) is 3.78. The second-order valence-electron chi connectivity index (χ2n) is 6.24. The predicted octanol–water partition coefficient (Wildman–Crippen LogP) is 2.38. The third kappa shape index (κ3) is 4.07. The number of thiazole rings is 1. The van der Waals surface area contributed by atoms with Crippen LogP contribution in [0, 0.1) is 0 Å². The number of anilines is 1. The number of benzene rings is 2. The highest BCUT2D eigenvalue weighted by Crippen LogP contribution is 2.24. The topological polar surface area (TPSA) is 96.9 Å². The van der Waals surface area contributed by atoms with Crippen molar-refractivity contribution in [2.75, 3.05) is 5.32 Å². The minimum absolute atomic E-state index is 0.178. The molecule has 0 saturated carbocycles. The molecule has 0 bridgehead atoms. The Kier molecular flexibility index (Phi) is 4.86. The fraction of sp³-hybridized carbons (Fsp3) is 0.100. The Morgan fingerprint density at radius 3 is 2.61 bits per heavy atom. The number of para-hydroxylation sites is 1. The van der Waals surface area contributed by atoms with Crippen LogP contribution in [0.1, 0.15) is 10.6 Å². The second kappa shape index (κ2) is 7.61. The standard InChI is InChI=1S/C20H16N4O3S/c25-17-9-10-24(20(27)23-17)12-18(26)21-14-7-5-13(6-8-14)11-19-22-15-3-1-2-4-16(15)28-19/h1-10H,11-12H2,(H,21,26)(H,23,25,27). The van der Waals surface area contributed by atoms with E-state index in [9.17, 15) is 14.4 Å². The first kappa shape index (κ1) is 17.9. The fourth-order valence-electron chi connectivity index (χ4n) is 2.80. The summed E-state index contributed by atoms with van der Waals surface area (Å²) < 4.78 is 2.30. The van der Waals surface area contributed by atoms with Gasteiger partial charge in [0.25, 0.3) is 5.56 Å². The molecule has 0 spiro atoms. The van der Waals surface area contributed by atoms with Gasteiger partial charge in [0.15, 0.2) is 0 Å². The third-order valence-corrected chi connectivity index (χ3v) is 5.18. The number of hydrogen-bond donors (Lipinski definition) is 2. The van der Waals surface area contributed by atoms with Crippen molar-refractivity contribution in [3.63, 3.8) is 0 Å². The van der Waals surface area contributed by atoms with Crippen molar-refractivity contribution in [3.8, 4) is 0 Å². The van der Waals surface area contributed by atoms with E-state index in [4.69, 9.17) is 0 Å². The SMILES string of the molecule is O=C(Cn1ccc(=O)[nH]c1=O)Nc1ccc(Cc2nc3ccccc3s2)cc1. The monoisotopic (exact) mass is 392 g/mol. The number of H-pyrrole nitrogens is 1. The van der Waals surface area contributed by atoms with Gasteiger partial charge in [0.05, 0.1) is 15.2 Å². The van der Waals surface area contributed by atoms with Crippen molar-refractivity contribution in [1.82, 2.24) is 14.5 Å². The number of nitrogens with zero attached hydrogens (tertiary/aromatic N) is 2. The van der Waals surface area contributed by atoms with E-state index in [1.807, 2.05) is 42.5 Å². The molecule has 28 heavy (non-hydrogen) atoms. The summed E-state index contributed by atoms with van der Waals surface area (Å²) in [6.45, 7) is -0.178. The number of nitrogens with one attached hydrogen (secondary N) is 2. The molecule has 2 aromatic carbocycles. The van der Waals surface area contributed by atoms with E-state index in [2.05, 4.69) is 21.4 Å². The quantitative estimate of drug-likeness (QED) is 0.545. The first-order valence-corrected chi connectivity index (χ1v) is 9.41. The predicted molar refractivity (Wildman–Crippen MR) is 109 cm³/mol. The normalized spacial score (nSPS) is 10.9. The van der Waals surface area contributed by atoms with Crippen LogP contribution < -0.4 is 16.6 Å². The van der Waals surface area contributed by atoms with Gasteiger partial charge in [-0.05, 0) is 29.8 Å². The minimum atomic E-state index is -0.617. The van der Waals surface area contributed by atoms with Crippen LogP contribution >= 0.6 is 11.3 Å². The molecule has 0 aliphatic heterocycles. The molecule has 0 atom stereocenters. The highest BCUT2D eigenvalue weighted by molar-refractivity contribution is 7.18. The van der Waals surface area contributed by atoms with Crippen LogP contribution in [-0.4, -0.2) is 20.4 Å². The van der Waals surface area contributed by atoms with E-state index >= 15 is 0 Å². The van der Waals surface area contributed by atoms with E-state index in [-0.39, 0.29) is 12.5 Å². The molecule has 2 N–H and O–H groups in total. The molecular formula is C20H16N4O3S. The number of aromatic nitrogens is 3. The number of aromatic amines is 1. The van der Waals surface area contributed by atoms with E-state index in [0.717, 1.165) is 27.1 Å². The van der Waals surface area contributed by atoms with Crippen LogP contribution in [0.15, 0.2) is 70.4 Å². The molecule has 0 saturated heterocycles. The minimum Gasteiger partial charge on any atom is -0.325 e. The average molecular weight is 392 g/mol. The molecular weight excluding hydrogens is 376 g/mol. The van der Waals surface area contributed by atoms with Gasteiger partial charge in [-0.1, -0.05) is 24.3 Å². The molecule has 0 fully saturated rings. The van der Waals surface area contributed by atoms with Crippen molar-refractivity contribution in [2.24, 2.45) is 0 Å². The lowest BCUT2D eigenvalue weighted by Crippen LogP contribution is -2.32. The van der Waals surface area contributed by atoms with Crippen molar-refractivity contribution in [3.05, 3.63) is 92.2 Å². The zero-order valence-corrected chi connectivity index (χ0v) is 15.5. The van der Waals surface area contributed by atoms with Crippen molar-refractivity contribution in [1.29, 1.82) is 0 Å². The van der Waals surface area contributed by atoms with Gasteiger partial charge in [-0.2, -0.15) is 0 Å².